The Hall–Kier alpha value is -0.900. The molecule has 0 amide bonds. The van der Waals surface area contributed by atoms with E-state index in [0.717, 1.165) is 0 Å². The first-order chi connectivity index (χ1) is 5.72. The average molecular weight is 171 g/mol. The highest BCUT2D eigenvalue weighted by Gasteiger charge is 2.20. The Kier molecular flexibility index (Phi) is 3.22. The number of carbonyl (C=O) groups excluding carboxylic acids is 1. The van der Waals surface area contributed by atoms with E-state index < -0.39 is 0 Å². The smallest absolute Gasteiger partial charge is 0.308 e. The highest BCUT2D eigenvalue weighted by atomic mass is 16.5. The van der Waals surface area contributed by atoms with E-state index in [-0.39, 0.29) is 18.5 Å². The van der Waals surface area contributed by atoms with Crippen molar-refractivity contribution < 1.29 is 14.3 Å². The molecule has 4 nitrogen and oxygen atoms in total. The fourth-order valence-electron chi connectivity index (χ4n) is 1.18. The molecule has 4 heteroatoms. The van der Waals surface area contributed by atoms with Crippen molar-refractivity contribution in [3.05, 3.63) is 0 Å². The lowest BCUT2D eigenvalue weighted by atomic mass is 10.0. The van der Waals surface area contributed by atoms with Gasteiger partial charge in [0.05, 0.1) is 26.2 Å². The van der Waals surface area contributed by atoms with E-state index in [1.165, 1.54) is 7.11 Å². The molecule has 0 aliphatic carbocycles. The van der Waals surface area contributed by atoms with E-state index in [4.69, 9.17) is 10.1 Å². The standard InChI is InChI=1S/C8H13NO3/c1-11-8(10)5-7-4-6(9)2-3-12-7/h7,9H,2-5H2,1H3. The van der Waals surface area contributed by atoms with Crippen LogP contribution in [0.2, 0.25) is 0 Å². The van der Waals surface area contributed by atoms with Crippen LogP contribution in [0.4, 0.5) is 0 Å². The highest BCUT2D eigenvalue weighted by molar-refractivity contribution is 5.83. The van der Waals surface area contributed by atoms with Gasteiger partial charge in [-0.25, -0.2) is 0 Å². The van der Waals surface area contributed by atoms with Crippen molar-refractivity contribution in [3.8, 4) is 0 Å². The van der Waals surface area contributed by atoms with E-state index in [1.807, 2.05) is 0 Å². The molecule has 1 rings (SSSR count). The molecule has 0 aromatic rings. The number of ether oxygens (including phenoxy) is 2. The largest absolute Gasteiger partial charge is 0.469 e. The van der Waals surface area contributed by atoms with Crippen LogP contribution in [0, 0.1) is 5.41 Å². The van der Waals surface area contributed by atoms with Gasteiger partial charge in [0.2, 0.25) is 0 Å². The first-order valence-corrected chi connectivity index (χ1v) is 3.97. The van der Waals surface area contributed by atoms with Crippen molar-refractivity contribution in [1.29, 1.82) is 5.41 Å². The number of esters is 1. The molecule has 0 aromatic heterocycles. The lowest BCUT2D eigenvalue weighted by Crippen LogP contribution is -2.27. The highest BCUT2D eigenvalue weighted by Crippen LogP contribution is 2.13. The van der Waals surface area contributed by atoms with Crippen LogP contribution in [-0.2, 0) is 14.3 Å². The summed E-state index contributed by atoms with van der Waals surface area (Å²) in [5, 5.41) is 7.39. The minimum atomic E-state index is -0.269. The second kappa shape index (κ2) is 4.21. The maximum Gasteiger partial charge on any atom is 0.308 e. The van der Waals surface area contributed by atoms with Gasteiger partial charge in [0, 0.05) is 18.6 Å². The fourth-order valence-corrected chi connectivity index (χ4v) is 1.18. The number of rotatable bonds is 2. The summed E-state index contributed by atoms with van der Waals surface area (Å²) in [5.41, 5.74) is 0.662. The van der Waals surface area contributed by atoms with Crippen LogP contribution in [0.25, 0.3) is 0 Å². The first-order valence-electron chi connectivity index (χ1n) is 3.97. The molecule has 1 fully saturated rings. The minimum absolute atomic E-state index is 0.140. The first kappa shape index (κ1) is 9.19. The number of hydrogen-bond acceptors (Lipinski definition) is 4. The Bertz CT molecular complexity index is 191. The van der Waals surface area contributed by atoms with Crippen LogP contribution in [-0.4, -0.2) is 31.5 Å². The number of carbonyl (C=O) groups is 1. The maximum atomic E-state index is 10.8. The van der Waals surface area contributed by atoms with Gasteiger partial charge in [-0.05, 0) is 0 Å². The van der Waals surface area contributed by atoms with E-state index in [1.54, 1.807) is 0 Å². The van der Waals surface area contributed by atoms with Crippen molar-refractivity contribution >= 4 is 11.7 Å². The van der Waals surface area contributed by atoms with Crippen molar-refractivity contribution in [2.75, 3.05) is 13.7 Å². The van der Waals surface area contributed by atoms with Crippen LogP contribution in [0.1, 0.15) is 19.3 Å². The summed E-state index contributed by atoms with van der Waals surface area (Å²) in [6.45, 7) is 0.556. The molecule has 1 N–H and O–H groups in total. The average Bonchev–Trinajstić information content (AvgIpc) is 2.04. The minimum Gasteiger partial charge on any atom is -0.469 e. The van der Waals surface area contributed by atoms with E-state index >= 15 is 0 Å². The molecule has 1 unspecified atom stereocenters. The molecule has 1 aliphatic heterocycles. The van der Waals surface area contributed by atoms with Crippen molar-refractivity contribution in [3.63, 3.8) is 0 Å². The van der Waals surface area contributed by atoms with Gasteiger partial charge < -0.3 is 14.9 Å². The summed E-state index contributed by atoms with van der Waals surface area (Å²) < 4.78 is 9.78. The summed E-state index contributed by atoms with van der Waals surface area (Å²) in [4.78, 5) is 10.8. The molecule has 12 heavy (non-hydrogen) atoms. The third kappa shape index (κ3) is 2.62. The molecular weight excluding hydrogens is 158 g/mol. The number of nitrogens with one attached hydrogen (secondary N) is 1. The van der Waals surface area contributed by atoms with Gasteiger partial charge in [-0.1, -0.05) is 0 Å². The van der Waals surface area contributed by atoms with Crippen LogP contribution in [0.3, 0.4) is 0 Å². The molecule has 1 saturated heterocycles. The molecule has 0 aromatic carbocycles. The van der Waals surface area contributed by atoms with Crippen LogP contribution in [0.15, 0.2) is 0 Å². The lowest BCUT2D eigenvalue weighted by molar-refractivity contribution is -0.143. The Morgan fingerprint density at radius 2 is 2.58 bits per heavy atom. The summed E-state index contributed by atoms with van der Waals surface area (Å²) in [6, 6.07) is 0. The third-order valence-electron chi connectivity index (χ3n) is 1.85. The maximum absolute atomic E-state index is 10.8. The third-order valence-corrected chi connectivity index (χ3v) is 1.85. The molecule has 1 aliphatic rings. The predicted octanol–water partition coefficient (Wildman–Crippen LogP) is 0.748. The SMILES string of the molecule is COC(=O)CC1CC(=N)CCO1. The van der Waals surface area contributed by atoms with Gasteiger partial charge in [0.15, 0.2) is 0 Å². The molecular formula is C8H13NO3. The van der Waals surface area contributed by atoms with Crippen molar-refractivity contribution in [1.82, 2.24) is 0 Å². The van der Waals surface area contributed by atoms with Crippen LogP contribution in [0.5, 0.6) is 0 Å². The Labute approximate surface area is 71.4 Å². The van der Waals surface area contributed by atoms with Gasteiger partial charge in [-0.15, -0.1) is 0 Å². The van der Waals surface area contributed by atoms with Crippen molar-refractivity contribution in [2.24, 2.45) is 0 Å². The predicted molar refractivity (Wildman–Crippen MR) is 43.3 cm³/mol. The molecule has 1 heterocycles. The number of methoxy groups -OCH3 is 1. The quantitative estimate of drug-likeness (QED) is 0.623. The molecule has 0 spiro atoms. The monoisotopic (exact) mass is 171 g/mol. The summed E-state index contributed by atoms with van der Waals surface area (Å²) in [5.74, 6) is -0.269. The summed E-state index contributed by atoms with van der Waals surface area (Å²) in [6.07, 6.45) is 1.38. The normalized spacial score (nSPS) is 23.8. The second-order valence-corrected chi connectivity index (χ2v) is 2.83. The Morgan fingerprint density at radius 3 is 3.17 bits per heavy atom. The Morgan fingerprint density at radius 1 is 1.83 bits per heavy atom. The van der Waals surface area contributed by atoms with Gasteiger partial charge in [-0.2, -0.15) is 0 Å². The molecule has 0 bridgehead atoms. The molecule has 0 saturated carbocycles. The zero-order valence-electron chi connectivity index (χ0n) is 7.13. The van der Waals surface area contributed by atoms with Gasteiger partial charge in [0.25, 0.3) is 0 Å². The summed E-state index contributed by atoms with van der Waals surface area (Å²) in [7, 11) is 1.36. The van der Waals surface area contributed by atoms with Gasteiger partial charge in [0.1, 0.15) is 0 Å². The van der Waals surface area contributed by atoms with E-state index in [0.29, 0.717) is 25.2 Å². The Balaban J connectivity index is 2.32. The topological polar surface area (TPSA) is 59.4 Å². The number of hydrogen-bond donors (Lipinski definition) is 1. The zero-order valence-corrected chi connectivity index (χ0v) is 7.13. The zero-order chi connectivity index (χ0) is 8.97. The van der Waals surface area contributed by atoms with E-state index in [9.17, 15) is 4.79 Å². The van der Waals surface area contributed by atoms with E-state index in [2.05, 4.69) is 4.74 Å². The van der Waals surface area contributed by atoms with Gasteiger partial charge in [-0.3, -0.25) is 4.79 Å². The lowest BCUT2D eigenvalue weighted by Gasteiger charge is -2.21. The van der Waals surface area contributed by atoms with Crippen LogP contribution < -0.4 is 0 Å². The second-order valence-electron chi connectivity index (χ2n) is 2.83. The summed E-state index contributed by atoms with van der Waals surface area (Å²) >= 11 is 0. The molecule has 1 atom stereocenters. The molecule has 0 radical (unpaired) electrons. The van der Waals surface area contributed by atoms with Gasteiger partial charge >= 0.3 is 5.97 Å². The fraction of sp³-hybridized carbons (Fsp3) is 0.750. The van der Waals surface area contributed by atoms with Crippen LogP contribution >= 0.6 is 0 Å². The molecule has 68 valence electrons. The van der Waals surface area contributed by atoms with Crippen molar-refractivity contribution in [2.45, 2.75) is 25.4 Å².